The lowest BCUT2D eigenvalue weighted by molar-refractivity contribution is 0.0945. The number of pyridine rings is 2. The van der Waals surface area contributed by atoms with E-state index in [1.165, 1.54) is 6.33 Å². The maximum Gasteiger partial charge on any atom is 0.272 e. The first-order chi connectivity index (χ1) is 16.5. The second kappa shape index (κ2) is 8.78. The van der Waals surface area contributed by atoms with Crippen molar-refractivity contribution < 1.29 is 4.79 Å². The van der Waals surface area contributed by atoms with Crippen LogP contribution in [-0.2, 0) is 6.54 Å². The quantitative estimate of drug-likeness (QED) is 0.425. The van der Waals surface area contributed by atoms with Gasteiger partial charge in [0.05, 0.1) is 5.69 Å². The molecule has 0 aliphatic rings. The third-order valence-electron chi connectivity index (χ3n) is 5.51. The van der Waals surface area contributed by atoms with Crippen LogP contribution in [0.5, 0.6) is 0 Å². The van der Waals surface area contributed by atoms with Gasteiger partial charge in [0.2, 0.25) is 0 Å². The number of rotatable bonds is 6. The van der Waals surface area contributed by atoms with Crippen LogP contribution in [0.4, 0.5) is 5.69 Å². The van der Waals surface area contributed by atoms with Gasteiger partial charge in [0.25, 0.3) is 5.91 Å². The molecule has 5 aromatic rings. The van der Waals surface area contributed by atoms with Crippen LogP contribution in [0.3, 0.4) is 0 Å². The molecule has 0 aliphatic heterocycles. The lowest BCUT2D eigenvalue weighted by atomic mass is 10.2. The summed E-state index contributed by atoms with van der Waals surface area (Å²) >= 11 is 0. The number of carbonyl (C=O) groups is 1. The van der Waals surface area contributed by atoms with E-state index in [1.54, 1.807) is 15.3 Å². The number of aryl methyl sites for hydroxylation is 1. The number of anilines is 1. The fourth-order valence-electron chi connectivity index (χ4n) is 3.67. The molecule has 0 saturated heterocycles. The third-order valence-corrected chi connectivity index (χ3v) is 5.51. The van der Waals surface area contributed by atoms with Crippen LogP contribution in [0.2, 0.25) is 0 Å². The molecule has 0 bridgehead atoms. The minimum atomic E-state index is -0.258. The Morgan fingerprint density at radius 1 is 1.06 bits per heavy atom. The first-order valence-electron chi connectivity index (χ1n) is 10.9. The molecular weight excluding hydrogens is 428 g/mol. The molecule has 1 N–H and O–H groups in total. The molecule has 1 aromatic carbocycles. The number of nitrogens with one attached hydrogen (secondary N) is 1. The first-order valence-corrected chi connectivity index (χ1v) is 10.9. The van der Waals surface area contributed by atoms with Gasteiger partial charge < -0.3 is 10.2 Å². The second-order valence-corrected chi connectivity index (χ2v) is 8.19. The van der Waals surface area contributed by atoms with Crippen molar-refractivity contribution in [2.45, 2.75) is 13.5 Å². The molecule has 0 atom stereocenters. The van der Waals surface area contributed by atoms with E-state index in [2.05, 4.69) is 25.5 Å². The van der Waals surface area contributed by atoms with Gasteiger partial charge in [0, 0.05) is 43.8 Å². The molecule has 34 heavy (non-hydrogen) atoms. The standard InChI is InChI=1S/C25H24N8O/c1-17-5-4-6-24(29-17)33-22(19-9-12-23-27-16-28-32(23)15-19)13-21(30-33)25(34)26-14-18-7-10-20(11-8-18)31(2)3/h4-13,15-16H,14H2,1-3H3,(H,26,34). The van der Waals surface area contributed by atoms with Crippen LogP contribution in [0.25, 0.3) is 22.7 Å². The van der Waals surface area contributed by atoms with Crippen molar-refractivity contribution in [3.05, 3.63) is 90.1 Å². The molecule has 0 spiro atoms. The monoisotopic (exact) mass is 452 g/mol. The van der Waals surface area contributed by atoms with Crippen molar-refractivity contribution in [3.8, 4) is 17.1 Å². The van der Waals surface area contributed by atoms with E-state index in [-0.39, 0.29) is 5.91 Å². The van der Waals surface area contributed by atoms with Gasteiger partial charge in [-0.25, -0.2) is 19.2 Å². The number of nitrogens with zero attached hydrogens (tertiary/aromatic N) is 7. The van der Waals surface area contributed by atoms with Crippen LogP contribution < -0.4 is 10.2 Å². The van der Waals surface area contributed by atoms with Gasteiger partial charge in [-0.15, -0.1) is 0 Å². The number of carbonyl (C=O) groups excluding carboxylic acids is 1. The molecule has 5 rings (SSSR count). The minimum Gasteiger partial charge on any atom is -0.378 e. The Bertz CT molecular complexity index is 1470. The Kier molecular flexibility index (Phi) is 5.51. The van der Waals surface area contributed by atoms with Crippen molar-refractivity contribution in [2.24, 2.45) is 0 Å². The zero-order valence-corrected chi connectivity index (χ0v) is 19.2. The van der Waals surface area contributed by atoms with Crippen molar-refractivity contribution in [1.29, 1.82) is 0 Å². The van der Waals surface area contributed by atoms with E-state index in [1.807, 2.05) is 86.7 Å². The third kappa shape index (κ3) is 4.23. The second-order valence-electron chi connectivity index (χ2n) is 8.19. The number of hydrogen-bond acceptors (Lipinski definition) is 6. The first kappa shape index (κ1) is 21.3. The summed E-state index contributed by atoms with van der Waals surface area (Å²) in [5.41, 5.74) is 5.59. The van der Waals surface area contributed by atoms with Crippen molar-refractivity contribution >= 4 is 17.2 Å². The summed E-state index contributed by atoms with van der Waals surface area (Å²) in [6, 6.07) is 19.3. The summed E-state index contributed by atoms with van der Waals surface area (Å²) < 4.78 is 3.37. The molecule has 0 radical (unpaired) electrons. The molecule has 170 valence electrons. The largest absolute Gasteiger partial charge is 0.378 e. The lowest BCUT2D eigenvalue weighted by Gasteiger charge is -2.12. The van der Waals surface area contributed by atoms with Gasteiger partial charge in [-0.3, -0.25) is 4.79 Å². The van der Waals surface area contributed by atoms with Crippen LogP contribution in [0, 0.1) is 6.92 Å². The highest BCUT2D eigenvalue weighted by molar-refractivity contribution is 5.93. The molecule has 1 amide bonds. The maximum atomic E-state index is 13.0. The molecule has 4 aromatic heterocycles. The molecular formula is C25H24N8O. The Labute approximate surface area is 196 Å². The van der Waals surface area contributed by atoms with E-state index in [4.69, 9.17) is 0 Å². The molecule has 4 heterocycles. The van der Waals surface area contributed by atoms with Gasteiger partial charge >= 0.3 is 0 Å². The van der Waals surface area contributed by atoms with E-state index < -0.39 is 0 Å². The summed E-state index contributed by atoms with van der Waals surface area (Å²) in [7, 11) is 3.99. The molecule has 9 heteroatoms. The maximum absolute atomic E-state index is 13.0. The highest BCUT2D eigenvalue weighted by Crippen LogP contribution is 2.24. The number of hydrogen-bond donors (Lipinski definition) is 1. The Morgan fingerprint density at radius 3 is 2.65 bits per heavy atom. The lowest BCUT2D eigenvalue weighted by Crippen LogP contribution is -2.23. The van der Waals surface area contributed by atoms with Crippen molar-refractivity contribution in [2.75, 3.05) is 19.0 Å². The predicted octanol–water partition coefficient (Wildman–Crippen LogP) is 3.28. The molecule has 0 fully saturated rings. The molecule has 9 nitrogen and oxygen atoms in total. The number of aromatic nitrogens is 6. The van der Waals surface area contributed by atoms with Crippen LogP contribution in [-0.4, -0.2) is 49.4 Å². The SMILES string of the molecule is Cc1cccc(-n2nc(C(=O)NCc3ccc(N(C)C)cc3)cc2-c2ccc3ncnn3c2)n1. The fourth-order valence-corrected chi connectivity index (χ4v) is 3.67. The highest BCUT2D eigenvalue weighted by Gasteiger charge is 2.18. The molecule has 0 aliphatic carbocycles. The van der Waals surface area contributed by atoms with Gasteiger partial charge in [0.1, 0.15) is 6.33 Å². The average molecular weight is 453 g/mol. The summed E-state index contributed by atoms with van der Waals surface area (Å²) in [6.45, 7) is 2.33. The molecule has 0 unspecified atom stereocenters. The van der Waals surface area contributed by atoms with Gasteiger partial charge in [-0.2, -0.15) is 10.2 Å². The summed E-state index contributed by atoms with van der Waals surface area (Å²) in [6.07, 6.45) is 3.36. The smallest absolute Gasteiger partial charge is 0.272 e. The molecule has 0 saturated carbocycles. The Hall–Kier alpha value is -4.53. The normalized spacial score (nSPS) is 11.0. The van der Waals surface area contributed by atoms with Crippen LogP contribution in [0.1, 0.15) is 21.7 Å². The number of fused-ring (bicyclic) bond motifs is 1. The van der Waals surface area contributed by atoms with Gasteiger partial charge in [0.15, 0.2) is 17.2 Å². The fraction of sp³-hybridized carbons (Fsp3) is 0.160. The average Bonchev–Trinajstić information content (AvgIpc) is 3.49. The summed E-state index contributed by atoms with van der Waals surface area (Å²) in [4.78, 5) is 23.8. The van der Waals surface area contributed by atoms with Crippen LogP contribution in [0.15, 0.2) is 73.2 Å². The van der Waals surface area contributed by atoms with Gasteiger partial charge in [-0.05, 0) is 55.0 Å². The topological polar surface area (TPSA) is 93.2 Å². The zero-order chi connectivity index (χ0) is 23.7. The van der Waals surface area contributed by atoms with Crippen LogP contribution >= 0.6 is 0 Å². The van der Waals surface area contributed by atoms with Crippen molar-refractivity contribution in [3.63, 3.8) is 0 Å². The number of amides is 1. The minimum absolute atomic E-state index is 0.258. The Morgan fingerprint density at radius 2 is 1.88 bits per heavy atom. The zero-order valence-electron chi connectivity index (χ0n) is 19.2. The number of benzene rings is 1. The summed E-state index contributed by atoms with van der Waals surface area (Å²) in [5.74, 6) is 0.373. The van der Waals surface area contributed by atoms with E-state index >= 15 is 0 Å². The predicted molar refractivity (Wildman–Crippen MR) is 130 cm³/mol. The van der Waals surface area contributed by atoms with E-state index in [0.717, 1.165) is 33.8 Å². The summed E-state index contributed by atoms with van der Waals surface area (Å²) in [5, 5.41) is 11.8. The van der Waals surface area contributed by atoms with Gasteiger partial charge in [-0.1, -0.05) is 18.2 Å². The van der Waals surface area contributed by atoms with Crippen molar-refractivity contribution in [1.82, 2.24) is 34.7 Å². The Balaban J connectivity index is 1.46. The highest BCUT2D eigenvalue weighted by atomic mass is 16.1. The van der Waals surface area contributed by atoms with E-state index in [0.29, 0.717) is 18.1 Å². The van der Waals surface area contributed by atoms with E-state index in [9.17, 15) is 4.79 Å².